The lowest BCUT2D eigenvalue weighted by atomic mass is 10.1. The molecule has 0 radical (unpaired) electrons. The summed E-state index contributed by atoms with van der Waals surface area (Å²) in [6.45, 7) is 1.59. The van der Waals surface area contributed by atoms with Gasteiger partial charge in [-0.3, -0.25) is 9.36 Å². The highest BCUT2D eigenvalue weighted by Crippen LogP contribution is 2.26. The van der Waals surface area contributed by atoms with E-state index >= 15 is 0 Å². The molecule has 0 amide bonds. The maximum atomic E-state index is 11.8. The van der Waals surface area contributed by atoms with Crippen molar-refractivity contribution in [3.05, 3.63) is 58.5 Å². The fraction of sp³-hybridized carbons (Fsp3) is 0.214. The predicted molar refractivity (Wildman–Crippen MR) is 76.8 cm³/mol. The number of benzene rings is 1. The Hall–Kier alpha value is -1.78. The lowest BCUT2D eigenvalue weighted by Crippen LogP contribution is -2.25. The van der Waals surface area contributed by atoms with Crippen LogP contribution in [0.15, 0.2) is 47.4 Å². The largest absolute Gasteiger partial charge is 0.318 e. The van der Waals surface area contributed by atoms with Crippen molar-refractivity contribution in [2.75, 3.05) is 17.9 Å². The van der Waals surface area contributed by atoms with Gasteiger partial charge in [-0.1, -0.05) is 6.07 Å². The second kappa shape index (κ2) is 5.07. The zero-order chi connectivity index (χ0) is 13.2. The normalized spacial score (nSPS) is 14.2. The van der Waals surface area contributed by atoms with Gasteiger partial charge in [-0.2, -0.15) is 0 Å². The molecule has 98 valence electrons. The second-order valence-electron chi connectivity index (χ2n) is 4.47. The molecule has 5 heteroatoms. The van der Waals surface area contributed by atoms with E-state index in [1.807, 2.05) is 24.3 Å². The molecule has 1 aliphatic rings. The average molecular weight is 276 g/mol. The van der Waals surface area contributed by atoms with Crippen LogP contribution < -0.4 is 11.0 Å². The van der Waals surface area contributed by atoms with E-state index in [2.05, 4.69) is 10.4 Å². The lowest BCUT2D eigenvalue weighted by molar-refractivity contribution is 0.365. The molecule has 1 aromatic heterocycles. The standard InChI is InChI=1S/C14H14ClN3O/c15-6-8-17-10-11-9-12(4-5-13(11)16-17)18-7-2-1-3-14(18)19/h1-5,7,9,16H,6,8,10H2. The van der Waals surface area contributed by atoms with Crippen LogP contribution in [0.4, 0.5) is 5.69 Å². The molecule has 0 bridgehead atoms. The highest BCUT2D eigenvalue weighted by molar-refractivity contribution is 6.18. The van der Waals surface area contributed by atoms with Crippen molar-refractivity contribution in [2.45, 2.75) is 6.54 Å². The van der Waals surface area contributed by atoms with Crippen molar-refractivity contribution in [2.24, 2.45) is 0 Å². The van der Waals surface area contributed by atoms with Gasteiger partial charge in [0.15, 0.2) is 0 Å². The Labute approximate surface area is 116 Å². The van der Waals surface area contributed by atoms with Gasteiger partial charge >= 0.3 is 0 Å². The first-order valence-corrected chi connectivity index (χ1v) is 6.70. The van der Waals surface area contributed by atoms with Gasteiger partial charge in [0.1, 0.15) is 0 Å². The number of pyridine rings is 1. The maximum absolute atomic E-state index is 11.8. The molecular weight excluding hydrogens is 262 g/mol. The van der Waals surface area contributed by atoms with E-state index in [0.29, 0.717) is 5.88 Å². The SMILES string of the molecule is O=c1ccccn1-c1ccc2c(c1)CN(CCCl)N2. The Balaban J connectivity index is 1.94. The highest BCUT2D eigenvalue weighted by atomic mass is 35.5. The first kappa shape index (κ1) is 12.3. The van der Waals surface area contributed by atoms with Gasteiger partial charge in [0.05, 0.1) is 5.69 Å². The molecule has 0 unspecified atom stereocenters. The Kier molecular flexibility index (Phi) is 3.27. The third-order valence-corrected chi connectivity index (χ3v) is 3.35. The monoisotopic (exact) mass is 275 g/mol. The van der Waals surface area contributed by atoms with Crippen molar-refractivity contribution >= 4 is 17.3 Å². The summed E-state index contributed by atoms with van der Waals surface area (Å²) in [4.78, 5) is 11.8. The number of fused-ring (bicyclic) bond motifs is 1. The summed E-state index contributed by atoms with van der Waals surface area (Å²) < 4.78 is 1.64. The van der Waals surface area contributed by atoms with Crippen LogP contribution in [0.3, 0.4) is 0 Å². The Morgan fingerprint density at radius 2 is 2.16 bits per heavy atom. The summed E-state index contributed by atoms with van der Waals surface area (Å²) in [5.41, 5.74) is 6.42. The van der Waals surface area contributed by atoms with Crippen molar-refractivity contribution in [1.82, 2.24) is 9.58 Å². The minimum absolute atomic E-state index is 0.0222. The smallest absolute Gasteiger partial charge is 0.255 e. The fourth-order valence-electron chi connectivity index (χ4n) is 2.26. The summed E-state index contributed by atoms with van der Waals surface area (Å²) in [6, 6.07) is 11.1. The highest BCUT2D eigenvalue weighted by Gasteiger charge is 2.18. The number of hydrazine groups is 1. The van der Waals surface area contributed by atoms with Crippen LogP contribution in [0, 0.1) is 0 Å². The molecule has 4 nitrogen and oxygen atoms in total. The second-order valence-corrected chi connectivity index (χ2v) is 4.85. The van der Waals surface area contributed by atoms with Crippen LogP contribution >= 0.6 is 11.6 Å². The summed E-state index contributed by atoms with van der Waals surface area (Å²) >= 11 is 5.75. The van der Waals surface area contributed by atoms with Crippen LogP contribution in [-0.2, 0) is 6.54 Å². The molecular formula is C14H14ClN3O. The van der Waals surface area contributed by atoms with E-state index in [1.54, 1.807) is 22.9 Å². The third kappa shape index (κ3) is 2.37. The average Bonchev–Trinajstić information content (AvgIpc) is 2.81. The quantitative estimate of drug-likeness (QED) is 0.873. The van der Waals surface area contributed by atoms with Crippen LogP contribution in [0.2, 0.25) is 0 Å². The fourth-order valence-corrected chi connectivity index (χ4v) is 2.47. The summed E-state index contributed by atoms with van der Waals surface area (Å²) in [5.74, 6) is 0.589. The van der Waals surface area contributed by atoms with E-state index in [-0.39, 0.29) is 5.56 Å². The number of aromatic nitrogens is 1. The van der Waals surface area contributed by atoms with E-state index in [0.717, 1.165) is 24.5 Å². The number of hydrogen-bond donors (Lipinski definition) is 1. The van der Waals surface area contributed by atoms with Gasteiger partial charge in [0.2, 0.25) is 0 Å². The van der Waals surface area contributed by atoms with Crippen LogP contribution in [0.5, 0.6) is 0 Å². The number of nitrogens with zero attached hydrogens (tertiary/aromatic N) is 2. The predicted octanol–water partition coefficient (Wildman–Crippen LogP) is 2.22. The van der Waals surface area contributed by atoms with E-state index in [4.69, 9.17) is 11.6 Å². The Bertz CT molecular complexity index is 653. The molecule has 3 rings (SSSR count). The summed E-state index contributed by atoms with van der Waals surface area (Å²) in [7, 11) is 0. The molecule has 0 fully saturated rings. The van der Waals surface area contributed by atoms with Crippen molar-refractivity contribution in [3.63, 3.8) is 0 Å². The van der Waals surface area contributed by atoms with Crippen molar-refractivity contribution in [1.29, 1.82) is 0 Å². The Morgan fingerprint density at radius 1 is 1.26 bits per heavy atom. The number of alkyl halides is 1. The van der Waals surface area contributed by atoms with Gasteiger partial charge in [-0.25, -0.2) is 5.01 Å². The molecule has 2 aromatic rings. The molecule has 19 heavy (non-hydrogen) atoms. The number of hydrogen-bond acceptors (Lipinski definition) is 3. The number of rotatable bonds is 3. The third-order valence-electron chi connectivity index (χ3n) is 3.18. The van der Waals surface area contributed by atoms with Gasteiger partial charge in [0.25, 0.3) is 5.56 Å². The molecule has 0 atom stereocenters. The summed E-state index contributed by atoms with van der Waals surface area (Å²) in [6.07, 6.45) is 1.78. The van der Waals surface area contributed by atoms with E-state index in [9.17, 15) is 4.79 Å². The molecule has 0 aliphatic carbocycles. The molecule has 0 saturated heterocycles. The first-order valence-electron chi connectivity index (χ1n) is 6.16. The lowest BCUT2D eigenvalue weighted by Gasteiger charge is -2.13. The maximum Gasteiger partial charge on any atom is 0.255 e. The van der Waals surface area contributed by atoms with Gasteiger partial charge in [-0.15, -0.1) is 11.6 Å². The van der Waals surface area contributed by atoms with Gasteiger partial charge < -0.3 is 5.43 Å². The zero-order valence-electron chi connectivity index (χ0n) is 10.3. The molecule has 0 spiro atoms. The molecule has 0 saturated carbocycles. The van der Waals surface area contributed by atoms with Gasteiger partial charge in [-0.05, 0) is 29.8 Å². The van der Waals surface area contributed by atoms with Gasteiger partial charge in [0, 0.05) is 36.9 Å². The van der Waals surface area contributed by atoms with Crippen molar-refractivity contribution in [3.8, 4) is 5.69 Å². The van der Waals surface area contributed by atoms with E-state index in [1.165, 1.54) is 5.56 Å². The van der Waals surface area contributed by atoms with Crippen LogP contribution in [-0.4, -0.2) is 22.0 Å². The molecule has 1 aliphatic heterocycles. The van der Waals surface area contributed by atoms with Crippen LogP contribution in [0.1, 0.15) is 5.56 Å². The number of anilines is 1. The zero-order valence-corrected chi connectivity index (χ0v) is 11.1. The minimum atomic E-state index is -0.0222. The number of halogens is 1. The van der Waals surface area contributed by atoms with Crippen LogP contribution in [0.25, 0.3) is 5.69 Å². The van der Waals surface area contributed by atoms with E-state index < -0.39 is 0 Å². The van der Waals surface area contributed by atoms with Crippen molar-refractivity contribution < 1.29 is 0 Å². The topological polar surface area (TPSA) is 37.3 Å². The Morgan fingerprint density at radius 3 is 2.95 bits per heavy atom. The number of nitrogens with one attached hydrogen (secondary N) is 1. The first-order chi connectivity index (χ1) is 9.28. The molecule has 1 aromatic carbocycles. The molecule has 2 heterocycles. The summed E-state index contributed by atoms with van der Waals surface area (Å²) in [5, 5.41) is 2.06. The molecule has 1 N–H and O–H groups in total. The minimum Gasteiger partial charge on any atom is -0.318 e.